The number of hydrogen-bond donors (Lipinski definition) is 2. The third-order valence-electron chi connectivity index (χ3n) is 5.42. The molecule has 4 rings (SSSR count). The Labute approximate surface area is 187 Å². The summed E-state index contributed by atoms with van der Waals surface area (Å²) in [5.74, 6) is -0.171. The number of nitrogens with one attached hydrogen (secondary N) is 2. The molecule has 0 fully saturated rings. The van der Waals surface area contributed by atoms with Crippen LogP contribution >= 0.6 is 0 Å². The highest BCUT2D eigenvalue weighted by Gasteiger charge is 2.36. The predicted octanol–water partition coefficient (Wildman–Crippen LogP) is 4.98. The van der Waals surface area contributed by atoms with Crippen LogP contribution in [0.3, 0.4) is 0 Å². The van der Waals surface area contributed by atoms with E-state index < -0.39 is 6.17 Å². The molecule has 164 valence electrons. The van der Waals surface area contributed by atoms with Gasteiger partial charge in [-0.15, -0.1) is 0 Å². The first kappa shape index (κ1) is 21.6. The smallest absolute Gasteiger partial charge is 0.256 e. The Kier molecular flexibility index (Phi) is 6.21. The Balaban J connectivity index is 1.60. The first-order valence-electron chi connectivity index (χ1n) is 10.7. The van der Waals surface area contributed by atoms with E-state index in [2.05, 4.69) is 10.6 Å². The lowest BCUT2D eigenvalue weighted by Crippen LogP contribution is -2.32. The molecule has 0 spiro atoms. The molecule has 0 aliphatic carbocycles. The fourth-order valence-corrected chi connectivity index (χ4v) is 3.78. The van der Waals surface area contributed by atoms with Crippen LogP contribution in [0.1, 0.15) is 51.9 Å². The molecule has 0 radical (unpaired) electrons. The van der Waals surface area contributed by atoms with Gasteiger partial charge in [0.15, 0.2) is 0 Å². The molecule has 6 heteroatoms. The first-order chi connectivity index (χ1) is 15.4. The van der Waals surface area contributed by atoms with Crippen LogP contribution in [0.2, 0.25) is 0 Å². The van der Waals surface area contributed by atoms with Crippen LogP contribution < -0.4 is 10.6 Å². The zero-order valence-corrected chi connectivity index (χ0v) is 18.1. The Morgan fingerprint density at radius 1 is 1.03 bits per heavy atom. The van der Waals surface area contributed by atoms with Crippen molar-refractivity contribution in [2.24, 2.45) is 5.92 Å². The number of amides is 2. The lowest BCUT2D eigenvalue weighted by molar-refractivity contribution is 0.0728. The molecule has 32 heavy (non-hydrogen) atoms. The van der Waals surface area contributed by atoms with Crippen LogP contribution in [0.4, 0.5) is 10.1 Å². The highest BCUT2D eigenvalue weighted by molar-refractivity contribution is 5.99. The Hall–Kier alpha value is -3.67. The van der Waals surface area contributed by atoms with E-state index in [-0.39, 0.29) is 17.6 Å². The van der Waals surface area contributed by atoms with Crippen LogP contribution in [0, 0.1) is 11.7 Å². The lowest BCUT2D eigenvalue weighted by Gasteiger charge is -2.27. The van der Waals surface area contributed by atoms with Gasteiger partial charge in [-0.2, -0.15) is 0 Å². The van der Waals surface area contributed by atoms with Gasteiger partial charge < -0.3 is 15.5 Å². The van der Waals surface area contributed by atoms with Crippen molar-refractivity contribution in [3.63, 3.8) is 0 Å². The average molecular weight is 432 g/mol. The van der Waals surface area contributed by atoms with Crippen LogP contribution in [0.25, 0.3) is 0 Å². The molecule has 0 saturated heterocycles. The zero-order valence-electron chi connectivity index (χ0n) is 18.1. The summed E-state index contributed by atoms with van der Waals surface area (Å²) in [7, 11) is 0. The molecule has 0 bridgehead atoms. The number of carbonyl (C=O) groups excluding carboxylic acids is 2. The fraction of sp³-hybridized carbons (Fsp3) is 0.231. The maximum absolute atomic E-state index is 13.3. The Morgan fingerprint density at radius 3 is 2.53 bits per heavy atom. The van der Waals surface area contributed by atoms with Gasteiger partial charge in [-0.3, -0.25) is 9.59 Å². The maximum atomic E-state index is 13.3. The van der Waals surface area contributed by atoms with Gasteiger partial charge >= 0.3 is 0 Å². The number of anilines is 1. The van der Waals surface area contributed by atoms with E-state index in [0.717, 1.165) is 16.8 Å². The monoisotopic (exact) mass is 431 g/mol. The topological polar surface area (TPSA) is 61.4 Å². The van der Waals surface area contributed by atoms with Gasteiger partial charge in [-0.25, -0.2) is 4.39 Å². The quantitative estimate of drug-likeness (QED) is 0.555. The van der Waals surface area contributed by atoms with Gasteiger partial charge in [-0.05, 0) is 47.9 Å². The summed E-state index contributed by atoms with van der Waals surface area (Å²) in [6, 6.07) is 20.9. The molecule has 2 N–H and O–H groups in total. The second-order valence-corrected chi connectivity index (χ2v) is 8.38. The van der Waals surface area contributed by atoms with Crippen molar-refractivity contribution in [2.45, 2.75) is 26.6 Å². The number of carbonyl (C=O) groups is 2. The van der Waals surface area contributed by atoms with Crippen molar-refractivity contribution >= 4 is 17.5 Å². The van der Waals surface area contributed by atoms with E-state index in [1.807, 2.05) is 50.2 Å². The van der Waals surface area contributed by atoms with E-state index in [0.29, 0.717) is 30.1 Å². The minimum absolute atomic E-state index is 0.0896. The van der Waals surface area contributed by atoms with E-state index >= 15 is 0 Å². The third-order valence-corrected chi connectivity index (χ3v) is 5.42. The van der Waals surface area contributed by atoms with Crippen molar-refractivity contribution in [1.82, 2.24) is 10.2 Å². The van der Waals surface area contributed by atoms with Gasteiger partial charge in [-0.1, -0.05) is 50.2 Å². The van der Waals surface area contributed by atoms with Crippen LogP contribution in [0.15, 0.2) is 72.8 Å². The molecule has 1 aliphatic rings. The molecule has 0 aromatic heterocycles. The molecular formula is C26H26FN3O2. The zero-order chi connectivity index (χ0) is 22.7. The molecule has 0 saturated carbocycles. The molecule has 3 aromatic carbocycles. The van der Waals surface area contributed by atoms with Crippen molar-refractivity contribution in [3.8, 4) is 0 Å². The van der Waals surface area contributed by atoms with Gasteiger partial charge in [0.1, 0.15) is 12.0 Å². The predicted molar refractivity (Wildman–Crippen MR) is 123 cm³/mol. The second kappa shape index (κ2) is 9.22. The van der Waals surface area contributed by atoms with E-state index in [1.165, 1.54) is 12.1 Å². The van der Waals surface area contributed by atoms with Gasteiger partial charge in [0.25, 0.3) is 11.8 Å². The fourth-order valence-electron chi connectivity index (χ4n) is 3.78. The molecular weight excluding hydrogens is 405 g/mol. The van der Waals surface area contributed by atoms with Crippen molar-refractivity contribution < 1.29 is 14.0 Å². The first-order valence-corrected chi connectivity index (χ1v) is 10.7. The number of halogens is 1. The standard InChI is InChI=1S/C26H26FN3O2/c1-17(2)15-28-25(31)19-6-5-7-21(14-19)29-24-22-8-3-4-9-23(22)26(32)30(24)16-18-10-12-20(27)13-11-18/h3-14,17,24,29H,15-16H2,1-2H3,(H,28,31). The summed E-state index contributed by atoms with van der Waals surface area (Å²) in [5, 5.41) is 6.35. The van der Waals surface area contributed by atoms with Crippen LogP contribution in [0.5, 0.6) is 0 Å². The molecule has 1 aliphatic heterocycles. The summed E-state index contributed by atoms with van der Waals surface area (Å²) >= 11 is 0. The average Bonchev–Trinajstić information content (AvgIpc) is 3.05. The van der Waals surface area contributed by atoms with Gasteiger partial charge in [0, 0.05) is 35.5 Å². The summed E-state index contributed by atoms with van der Waals surface area (Å²) < 4.78 is 13.3. The van der Waals surface area contributed by atoms with E-state index in [4.69, 9.17) is 0 Å². The Morgan fingerprint density at radius 2 is 1.78 bits per heavy atom. The van der Waals surface area contributed by atoms with Crippen molar-refractivity contribution in [2.75, 3.05) is 11.9 Å². The lowest BCUT2D eigenvalue weighted by atomic mass is 10.1. The van der Waals surface area contributed by atoms with E-state index in [9.17, 15) is 14.0 Å². The summed E-state index contributed by atoms with van der Waals surface area (Å²) in [6.07, 6.45) is -0.405. The SMILES string of the molecule is CC(C)CNC(=O)c1cccc(NC2c3ccccc3C(=O)N2Cc2ccc(F)cc2)c1. The van der Waals surface area contributed by atoms with Gasteiger partial charge in [0.05, 0.1) is 0 Å². The normalized spacial score (nSPS) is 15.1. The third kappa shape index (κ3) is 4.64. The highest BCUT2D eigenvalue weighted by atomic mass is 19.1. The van der Waals surface area contributed by atoms with Crippen molar-refractivity contribution in [3.05, 3.63) is 101 Å². The Bertz CT molecular complexity index is 1130. The molecule has 5 nitrogen and oxygen atoms in total. The maximum Gasteiger partial charge on any atom is 0.256 e. The van der Waals surface area contributed by atoms with Crippen molar-refractivity contribution in [1.29, 1.82) is 0 Å². The number of hydrogen-bond acceptors (Lipinski definition) is 3. The minimum atomic E-state index is -0.405. The van der Waals surface area contributed by atoms with E-state index in [1.54, 1.807) is 29.2 Å². The molecule has 2 amide bonds. The highest BCUT2D eigenvalue weighted by Crippen LogP contribution is 2.35. The summed E-state index contributed by atoms with van der Waals surface area (Å²) in [4.78, 5) is 27.4. The number of fused-ring (bicyclic) bond motifs is 1. The van der Waals surface area contributed by atoms with Crippen LogP contribution in [-0.4, -0.2) is 23.3 Å². The number of rotatable bonds is 7. The molecule has 1 atom stereocenters. The molecule has 3 aromatic rings. The second-order valence-electron chi connectivity index (χ2n) is 8.38. The summed E-state index contributed by atoms with van der Waals surface area (Å²) in [5.41, 5.74) is 3.63. The minimum Gasteiger partial charge on any atom is -0.361 e. The number of benzene rings is 3. The molecule has 1 heterocycles. The number of nitrogens with zero attached hydrogens (tertiary/aromatic N) is 1. The summed E-state index contributed by atoms with van der Waals surface area (Å²) in [6.45, 7) is 5.03. The molecule has 1 unspecified atom stereocenters. The van der Waals surface area contributed by atoms with Gasteiger partial charge in [0.2, 0.25) is 0 Å². The largest absolute Gasteiger partial charge is 0.361 e. The van der Waals surface area contributed by atoms with Crippen LogP contribution in [-0.2, 0) is 6.54 Å².